The number of aromatic amines is 1. The maximum Gasteiger partial charge on any atom is 0.198 e. The highest BCUT2D eigenvalue weighted by molar-refractivity contribution is 6.75. The van der Waals surface area contributed by atoms with Gasteiger partial charge in [0.2, 0.25) is 0 Å². The fourth-order valence-corrected chi connectivity index (χ4v) is 18.8. The van der Waals surface area contributed by atoms with Crippen LogP contribution < -0.4 is 15.8 Å². The third-order valence-corrected chi connectivity index (χ3v) is 21.8. The lowest BCUT2D eigenvalue weighted by atomic mass is 9.39. The molecule has 8 fully saturated rings. The molecule has 10 aliphatic rings. The van der Waals surface area contributed by atoms with Crippen LogP contribution in [0.1, 0.15) is 132 Å². The van der Waals surface area contributed by atoms with E-state index >= 15 is 0 Å². The van der Waals surface area contributed by atoms with E-state index in [1.54, 1.807) is 11.1 Å². The van der Waals surface area contributed by atoms with E-state index < -0.39 is 0 Å². The van der Waals surface area contributed by atoms with Crippen molar-refractivity contribution in [3.8, 4) is 11.1 Å². The monoisotopic (exact) mass is 846 g/mol. The Labute approximate surface area is 386 Å². The SMILES string of the molecule is Cc1cc(-c2cc(C34C5CCC3CC4C5)cc3c2[nH]c2ccc(C45CC6CC7C[C@]6(C4)C7C5)cc23)c2c(c1)N(c1cc3c(cc1C)C(C)(C)CCC3(C)C)c1ccc3ccccc3c1[B]2. The molecule has 17 rings (SSSR count). The van der Waals surface area contributed by atoms with Crippen molar-refractivity contribution in [2.45, 2.75) is 134 Å². The van der Waals surface area contributed by atoms with Gasteiger partial charge >= 0.3 is 0 Å². The molecular weight excluding hydrogens is 784 g/mol. The smallest absolute Gasteiger partial charge is 0.198 e. The maximum atomic E-state index is 4.18. The number of anilines is 3. The number of fused-ring (bicyclic) bond motifs is 9. The Hall–Kier alpha value is -4.76. The molecule has 9 aliphatic carbocycles. The zero-order chi connectivity index (χ0) is 43.3. The highest BCUT2D eigenvalue weighted by Crippen LogP contribution is 2.83. The predicted molar refractivity (Wildman–Crippen MR) is 271 cm³/mol. The van der Waals surface area contributed by atoms with Crippen LogP contribution in [0, 0.1) is 54.8 Å². The molecular formula is C62H62BN2. The van der Waals surface area contributed by atoms with Gasteiger partial charge in [0, 0.05) is 44.3 Å². The molecule has 2 nitrogen and oxygen atoms in total. The van der Waals surface area contributed by atoms with Gasteiger partial charge in [-0.15, -0.1) is 0 Å². The summed E-state index contributed by atoms with van der Waals surface area (Å²) in [6, 6.07) is 37.3. The van der Waals surface area contributed by atoms with E-state index in [9.17, 15) is 0 Å². The first kappa shape index (κ1) is 37.3. The van der Waals surface area contributed by atoms with Gasteiger partial charge in [0.25, 0.3) is 0 Å². The lowest BCUT2D eigenvalue weighted by Gasteiger charge is -2.65. The fraction of sp³-hybridized carbons (Fsp3) is 0.452. The quantitative estimate of drug-likeness (QED) is 0.175. The van der Waals surface area contributed by atoms with E-state index in [2.05, 4.69) is 150 Å². The van der Waals surface area contributed by atoms with Gasteiger partial charge in [-0.25, -0.2) is 0 Å². The topological polar surface area (TPSA) is 19.0 Å². The number of nitrogens with zero attached hydrogens (tertiary/aromatic N) is 1. The van der Waals surface area contributed by atoms with E-state index in [1.807, 2.05) is 0 Å². The molecule has 6 unspecified atom stereocenters. The van der Waals surface area contributed by atoms with E-state index in [-0.39, 0.29) is 10.8 Å². The summed E-state index contributed by atoms with van der Waals surface area (Å²) in [4.78, 5) is 6.86. The van der Waals surface area contributed by atoms with Crippen LogP contribution in [0.5, 0.6) is 0 Å². The lowest BCUT2D eigenvalue weighted by Crippen LogP contribution is -2.61. The van der Waals surface area contributed by atoms with Crippen LogP contribution >= 0.6 is 0 Å². The van der Waals surface area contributed by atoms with Crippen molar-refractivity contribution in [2.24, 2.45) is 40.9 Å². The number of nitrogens with one attached hydrogen (secondary N) is 1. The number of rotatable bonds is 4. The van der Waals surface area contributed by atoms with E-state index in [0.717, 1.165) is 35.5 Å². The first-order chi connectivity index (χ1) is 31.3. The molecule has 1 N–H and O–H groups in total. The van der Waals surface area contributed by atoms with Crippen LogP contribution in [0.15, 0.2) is 91.0 Å². The zero-order valence-corrected chi connectivity index (χ0v) is 39.4. The summed E-state index contributed by atoms with van der Waals surface area (Å²) in [5, 5.41) is 5.57. The molecule has 2 heterocycles. The molecule has 1 spiro atoms. The third-order valence-electron chi connectivity index (χ3n) is 21.8. The molecule has 0 amide bonds. The second-order valence-electron chi connectivity index (χ2n) is 25.4. The number of benzene rings is 6. The minimum atomic E-state index is 0.111. The van der Waals surface area contributed by atoms with Gasteiger partial charge in [0.15, 0.2) is 7.28 Å². The van der Waals surface area contributed by atoms with Gasteiger partial charge in [-0.3, -0.25) is 0 Å². The maximum absolute atomic E-state index is 4.18. The molecule has 3 heteroatoms. The van der Waals surface area contributed by atoms with E-state index in [4.69, 9.17) is 0 Å². The first-order valence-electron chi connectivity index (χ1n) is 25.9. The number of aryl methyl sites for hydroxylation is 2. The van der Waals surface area contributed by atoms with Gasteiger partial charge < -0.3 is 9.88 Å². The molecule has 65 heavy (non-hydrogen) atoms. The van der Waals surface area contributed by atoms with Crippen LogP contribution in [0.2, 0.25) is 0 Å². The minimum Gasteiger partial charge on any atom is -0.354 e. The van der Waals surface area contributed by atoms with Crippen LogP contribution in [0.3, 0.4) is 0 Å². The van der Waals surface area contributed by atoms with Gasteiger partial charge in [0.05, 0.1) is 5.52 Å². The van der Waals surface area contributed by atoms with Gasteiger partial charge in [-0.05, 0) is 239 Å². The van der Waals surface area contributed by atoms with E-state index in [0.29, 0.717) is 16.2 Å². The molecule has 7 atom stereocenters. The fourth-order valence-electron chi connectivity index (χ4n) is 18.8. The average Bonchev–Trinajstić information content (AvgIpc) is 4.02. The number of H-pyrrole nitrogens is 1. The van der Waals surface area contributed by atoms with Crippen molar-refractivity contribution in [1.29, 1.82) is 0 Å². The number of aromatic nitrogens is 1. The summed E-state index contributed by atoms with van der Waals surface area (Å²) in [5.74, 6) is 5.58. The Bertz CT molecular complexity index is 3310. The molecule has 1 aromatic heterocycles. The number of hydrogen-bond acceptors (Lipinski definition) is 1. The molecule has 6 aromatic carbocycles. The summed E-state index contributed by atoms with van der Waals surface area (Å²) in [7, 11) is 2.59. The second kappa shape index (κ2) is 11.7. The molecule has 8 saturated carbocycles. The Morgan fingerprint density at radius 1 is 0.615 bits per heavy atom. The van der Waals surface area contributed by atoms with Crippen molar-refractivity contribution >= 4 is 67.8 Å². The van der Waals surface area contributed by atoms with Crippen molar-refractivity contribution in [3.63, 3.8) is 0 Å². The summed E-state index contributed by atoms with van der Waals surface area (Å²) >= 11 is 0. The molecule has 3 bridgehead atoms. The predicted octanol–water partition coefficient (Wildman–Crippen LogP) is 14.3. The first-order valence-corrected chi connectivity index (χ1v) is 25.9. The lowest BCUT2D eigenvalue weighted by molar-refractivity contribution is -0.0834. The highest BCUT2D eigenvalue weighted by Gasteiger charge is 2.76. The second-order valence-corrected chi connectivity index (χ2v) is 25.4. The molecule has 323 valence electrons. The van der Waals surface area contributed by atoms with Gasteiger partial charge in [0.1, 0.15) is 0 Å². The summed E-state index contributed by atoms with van der Waals surface area (Å²) in [6.45, 7) is 14.6. The normalized spacial score (nSPS) is 34.2. The summed E-state index contributed by atoms with van der Waals surface area (Å²) in [5.41, 5.74) is 22.8. The van der Waals surface area contributed by atoms with E-state index in [1.165, 1.54) is 165 Å². The molecule has 0 saturated heterocycles. The standard InChI is InChI=1S/C62H62BN2/c1-33-19-45(56-54(20-33)65(52-16-11-35-9-7-8-10-43(35)55(52)63-56)53-28-49-48(21-34(53)2)58(3,4)17-18-59(49,5)6)47-27-41(62-38-12-13-39(62)24-40(62)23-38)26-46-44-25-37(14-15-51(44)64-57(46)47)60-30-42-22-36-29-61(42,32-60)50(36)31-60/h7-11,14-16,19-21,25-28,36,38-40,42,50,64H,12-13,17-18,22-24,29-32H2,1-6H3/t36?,38?,39?,40?,42?,50?,60?,61-,62?/m1/s1. The van der Waals surface area contributed by atoms with Gasteiger partial charge in [-0.2, -0.15) is 0 Å². The highest BCUT2D eigenvalue weighted by atomic mass is 15.2. The average molecular weight is 846 g/mol. The van der Waals surface area contributed by atoms with Crippen LogP contribution in [0.25, 0.3) is 43.7 Å². The zero-order valence-electron chi connectivity index (χ0n) is 39.4. The largest absolute Gasteiger partial charge is 0.354 e. The summed E-state index contributed by atoms with van der Waals surface area (Å²) in [6.07, 6.45) is 15.6. The van der Waals surface area contributed by atoms with Crippen molar-refractivity contribution in [1.82, 2.24) is 4.98 Å². The molecule has 1 aliphatic heterocycles. The van der Waals surface area contributed by atoms with Gasteiger partial charge in [-0.1, -0.05) is 81.7 Å². The van der Waals surface area contributed by atoms with Crippen LogP contribution in [-0.2, 0) is 21.7 Å². The van der Waals surface area contributed by atoms with Crippen LogP contribution in [-0.4, -0.2) is 12.3 Å². The van der Waals surface area contributed by atoms with Crippen molar-refractivity contribution in [3.05, 3.63) is 124 Å². The summed E-state index contributed by atoms with van der Waals surface area (Å²) < 4.78 is 0. The minimum absolute atomic E-state index is 0.111. The Morgan fingerprint density at radius 2 is 1.40 bits per heavy atom. The van der Waals surface area contributed by atoms with Crippen molar-refractivity contribution < 1.29 is 0 Å². The Balaban J connectivity index is 0.950. The third kappa shape index (κ3) is 4.35. The molecule has 7 aromatic rings. The molecule has 1 radical (unpaired) electrons. The Kier molecular flexibility index (Phi) is 6.70. The number of hydrogen-bond donors (Lipinski definition) is 1. The Morgan fingerprint density at radius 3 is 2.18 bits per heavy atom. The van der Waals surface area contributed by atoms with Crippen molar-refractivity contribution in [2.75, 3.05) is 4.90 Å². The van der Waals surface area contributed by atoms with Crippen LogP contribution in [0.4, 0.5) is 17.1 Å².